The maximum Gasteiger partial charge on any atom is 0.140 e. The lowest BCUT2D eigenvalue weighted by atomic mass is 10.1. The first-order valence-corrected chi connectivity index (χ1v) is 7.98. The fraction of sp³-hybridized carbons (Fsp3) is 0.667. The molecule has 0 aliphatic rings. The molecule has 0 atom stereocenters. The monoisotopic (exact) mass is 312 g/mol. The van der Waals surface area contributed by atoms with E-state index in [2.05, 4.69) is 33.2 Å². The normalized spacial score (nSPS) is 10.6. The van der Waals surface area contributed by atoms with Crippen molar-refractivity contribution in [1.29, 1.82) is 0 Å². The predicted octanol–water partition coefficient (Wildman–Crippen LogP) is 5.40. The summed E-state index contributed by atoms with van der Waals surface area (Å²) in [6.07, 6.45) is 12.7. The van der Waals surface area contributed by atoms with Gasteiger partial charge in [-0.05, 0) is 34.5 Å². The summed E-state index contributed by atoms with van der Waals surface area (Å²) in [5.41, 5.74) is 0. The average molecular weight is 313 g/mol. The number of hydrogen-bond acceptors (Lipinski definition) is 2. The summed E-state index contributed by atoms with van der Waals surface area (Å²) in [6, 6.07) is 3.95. The van der Waals surface area contributed by atoms with Crippen molar-refractivity contribution in [3.05, 3.63) is 22.8 Å². The smallest absolute Gasteiger partial charge is 0.140 e. The lowest BCUT2D eigenvalue weighted by Crippen LogP contribution is -2.03. The molecule has 1 aromatic heterocycles. The van der Waals surface area contributed by atoms with Gasteiger partial charge in [-0.2, -0.15) is 0 Å². The molecule has 0 aliphatic carbocycles. The first-order valence-electron chi connectivity index (χ1n) is 7.19. The van der Waals surface area contributed by atoms with Gasteiger partial charge in [-0.1, -0.05) is 51.9 Å². The third-order valence-corrected chi connectivity index (χ3v) is 3.72. The number of pyridine rings is 1. The number of nitrogens with one attached hydrogen (secondary N) is 1. The number of nitrogens with zero attached hydrogens (tertiary/aromatic N) is 1. The molecular formula is C15H25BrN2. The SMILES string of the molecule is CCCCCCCCCCNc1ncccc1Br. The predicted molar refractivity (Wildman–Crippen MR) is 83.0 cm³/mol. The van der Waals surface area contributed by atoms with Gasteiger partial charge in [-0.25, -0.2) is 4.98 Å². The van der Waals surface area contributed by atoms with Crippen LogP contribution in [0.15, 0.2) is 22.8 Å². The molecule has 0 aliphatic heterocycles. The van der Waals surface area contributed by atoms with Crippen LogP contribution in [-0.2, 0) is 0 Å². The van der Waals surface area contributed by atoms with E-state index in [0.29, 0.717) is 0 Å². The second-order valence-corrected chi connectivity index (χ2v) is 5.59. The molecule has 0 radical (unpaired) electrons. The second-order valence-electron chi connectivity index (χ2n) is 4.74. The Kier molecular flexibility index (Phi) is 8.92. The van der Waals surface area contributed by atoms with E-state index in [4.69, 9.17) is 0 Å². The highest BCUT2D eigenvalue weighted by Crippen LogP contribution is 2.18. The molecular weight excluding hydrogens is 288 g/mol. The lowest BCUT2D eigenvalue weighted by Gasteiger charge is -2.06. The molecule has 0 saturated carbocycles. The maximum atomic E-state index is 4.29. The Labute approximate surface area is 120 Å². The fourth-order valence-corrected chi connectivity index (χ4v) is 2.38. The van der Waals surface area contributed by atoms with Gasteiger partial charge in [0.1, 0.15) is 5.82 Å². The minimum atomic E-state index is 0.959. The molecule has 0 fully saturated rings. The number of aromatic nitrogens is 1. The van der Waals surface area contributed by atoms with Crippen LogP contribution in [0.4, 0.5) is 5.82 Å². The van der Waals surface area contributed by atoms with Gasteiger partial charge < -0.3 is 5.32 Å². The molecule has 3 heteroatoms. The Morgan fingerprint density at radius 3 is 2.39 bits per heavy atom. The average Bonchev–Trinajstić information content (AvgIpc) is 2.39. The highest BCUT2D eigenvalue weighted by atomic mass is 79.9. The van der Waals surface area contributed by atoms with Crippen molar-refractivity contribution in [3.63, 3.8) is 0 Å². The van der Waals surface area contributed by atoms with Crippen molar-refractivity contribution in [3.8, 4) is 0 Å². The van der Waals surface area contributed by atoms with Gasteiger partial charge in [0.2, 0.25) is 0 Å². The molecule has 0 unspecified atom stereocenters. The second kappa shape index (κ2) is 10.4. The molecule has 0 aromatic carbocycles. The van der Waals surface area contributed by atoms with Crippen molar-refractivity contribution >= 4 is 21.7 Å². The molecule has 1 rings (SSSR count). The quantitative estimate of drug-likeness (QED) is 0.585. The number of rotatable bonds is 10. The number of halogens is 1. The Morgan fingerprint density at radius 1 is 1.06 bits per heavy atom. The molecule has 2 nitrogen and oxygen atoms in total. The van der Waals surface area contributed by atoms with Gasteiger partial charge in [0.05, 0.1) is 4.47 Å². The highest BCUT2D eigenvalue weighted by Gasteiger charge is 1.98. The third-order valence-electron chi connectivity index (χ3n) is 3.08. The lowest BCUT2D eigenvalue weighted by molar-refractivity contribution is 0.581. The first kappa shape index (κ1) is 15.5. The molecule has 0 amide bonds. The van der Waals surface area contributed by atoms with Crippen molar-refractivity contribution in [2.75, 3.05) is 11.9 Å². The summed E-state index contributed by atoms with van der Waals surface area (Å²) in [4.78, 5) is 4.29. The summed E-state index contributed by atoms with van der Waals surface area (Å²) in [6.45, 7) is 3.28. The van der Waals surface area contributed by atoms with Crippen LogP contribution in [-0.4, -0.2) is 11.5 Å². The van der Waals surface area contributed by atoms with E-state index in [1.165, 1.54) is 51.4 Å². The summed E-state index contributed by atoms with van der Waals surface area (Å²) in [5.74, 6) is 0.959. The van der Waals surface area contributed by atoms with Gasteiger partial charge in [0.25, 0.3) is 0 Å². The number of hydrogen-bond donors (Lipinski definition) is 1. The maximum absolute atomic E-state index is 4.29. The number of unbranched alkanes of at least 4 members (excludes halogenated alkanes) is 7. The van der Waals surface area contributed by atoms with E-state index in [1.807, 2.05) is 18.3 Å². The third kappa shape index (κ3) is 7.00. The molecule has 102 valence electrons. The molecule has 18 heavy (non-hydrogen) atoms. The van der Waals surface area contributed by atoms with Crippen LogP contribution in [0.1, 0.15) is 58.3 Å². The summed E-state index contributed by atoms with van der Waals surface area (Å²) < 4.78 is 1.05. The van der Waals surface area contributed by atoms with E-state index in [9.17, 15) is 0 Å². The van der Waals surface area contributed by atoms with Crippen molar-refractivity contribution < 1.29 is 0 Å². The standard InChI is InChI=1S/C15H25BrN2/c1-2-3-4-5-6-7-8-9-12-17-15-14(16)11-10-13-18-15/h10-11,13H,2-9,12H2,1H3,(H,17,18). The molecule has 1 heterocycles. The fourth-order valence-electron chi connectivity index (χ4n) is 1.98. The Hall–Kier alpha value is -0.570. The van der Waals surface area contributed by atoms with Crippen LogP contribution >= 0.6 is 15.9 Å². The van der Waals surface area contributed by atoms with Gasteiger partial charge in [0, 0.05) is 12.7 Å². The zero-order chi connectivity index (χ0) is 13.1. The highest BCUT2D eigenvalue weighted by molar-refractivity contribution is 9.10. The minimum Gasteiger partial charge on any atom is -0.369 e. The summed E-state index contributed by atoms with van der Waals surface area (Å²) in [5, 5.41) is 3.37. The largest absolute Gasteiger partial charge is 0.369 e. The van der Waals surface area contributed by atoms with E-state index >= 15 is 0 Å². The van der Waals surface area contributed by atoms with Crippen LogP contribution in [0.2, 0.25) is 0 Å². The van der Waals surface area contributed by atoms with Crippen LogP contribution < -0.4 is 5.32 Å². The summed E-state index contributed by atoms with van der Waals surface area (Å²) >= 11 is 3.49. The molecule has 0 spiro atoms. The van der Waals surface area contributed by atoms with Crippen LogP contribution in [0.25, 0.3) is 0 Å². The van der Waals surface area contributed by atoms with Crippen molar-refractivity contribution in [1.82, 2.24) is 4.98 Å². The van der Waals surface area contributed by atoms with E-state index < -0.39 is 0 Å². The molecule has 0 bridgehead atoms. The topological polar surface area (TPSA) is 24.9 Å². The van der Waals surface area contributed by atoms with E-state index in [1.54, 1.807) is 0 Å². The van der Waals surface area contributed by atoms with Crippen LogP contribution in [0.5, 0.6) is 0 Å². The van der Waals surface area contributed by atoms with Gasteiger partial charge in [0.15, 0.2) is 0 Å². The molecule has 1 aromatic rings. The van der Waals surface area contributed by atoms with Crippen LogP contribution in [0, 0.1) is 0 Å². The molecule has 1 N–H and O–H groups in total. The van der Waals surface area contributed by atoms with E-state index in [-0.39, 0.29) is 0 Å². The van der Waals surface area contributed by atoms with Crippen LogP contribution in [0.3, 0.4) is 0 Å². The Bertz CT molecular complexity index is 315. The van der Waals surface area contributed by atoms with Gasteiger partial charge >= 0.3 is 0 Å². The van der Waals surface area contributed by atoms with Crippen molar-refractivity contribution in [2.24, 2.45) is 0 Å². The van der Waals surface area contributed by atoms with Gasteiger partial charge in [-0.15, -0.1) is 0 Å². The molecule has 0 saturated heterocycles. The zero-order valence-corrected chi connectivity index (χ0v) is 13.0. The van der Waals surface area contributed by atoms with Gasteiger partial charge in [-0.3, -0.25) is 0 Å². The summed E-state index contributed by atoms with van der Waals surface area (Å²) in [7, 11) is 0. The first-order chi connectivity index (χ1) is 8.84. The number of anilines is 1. The minimum absolute atomic E-state index is 0.959. The van der Waals surface area contributed by atoms with Crippen molar-refractivity contribution in [2.45, 2.75) is 58.3 Å². The zero-order valence-electron chi connectivity index (χ0n) is 11.4. The Morgan fingerprint density at radius 2 is 1.72 bits per heavy atom. The van der Waals surface area contributed by atoms with E-state index in [0.717, 1.165) is 16.8 Å². The Balaban J connectivity index is 1.94.